The van der Waals surface area contributed by atoms with Crippen molar-refractivity contribution in [3.05, 3.63) is 129 Å². The second-order valence-corrected chi connectivity index (χ2v) is 14.6. The van der Waals surface area contributed by atoms with Crippen LogP contribution in [-0.4, -0.2) is 38.6 Å². The molecule has 4 aliphatic rings. The molecule has 0 unspecified atom stereocenters. The Morgan fingerprint density at radius 3 is 2.40 bits per heavy atom. The van der Waals surface area contributed by atoms with Gasteiger partial charge < -0.3 is 5.11 Å². The maximum atomic E-state index is 15.1. The number of allylic oxidation sites excluding steroid dienone is 2. The number of anilines is 1. The number of hydrazine groups is 1. The van der Waals surface area contributed by atoms with Crippen molar-refractivity contribution in [1.82, 2.24) is 9.91 Å². The van der Waals surface area contributed by atoms with E-state index in [-0.39, 0.29) is 35.6 Å². The summed E-state index contributed by atoms with van der Waals surface area (Å²) in [4.78, 5) is 60.2. The number of halogens is 1. The summed E-state index contributed by atoms with van der Waals surface area (Å²) in [5.74, 6) is -4.66. The standard InChI is InChI=1S/C38H32ClN3O5S/c1-21-9-11-23(12-10-21)40-42-35(45)30-19-29-26(15-16-28-32(29)36(46)41(34(28)44)20-25-8-5-17-48-25)33(27-14-13-24(43)18-31(27)39)38(30,37(42)47)22-6-3-2-4-7-22/h2-15,17-18,28-30,32-33,40,43H,16,19-20H2,1H3/t28-,29+,30-,32-,33+,38+/m0/s1. The molecule has 48 heavy (non-hydrogen) atoms. The number of phenolic OH excluding ortho intramolecular Hbond substituents is 1. The van der Waals surface area contributed by atoms with Gasteiger partial charge in [-0.2, -0.15) is 5.01 Å². The summed E-state index contributed by atoms with van der Waals surface area (Å²) in [6.07, 6.45) is 2.54. The van der Waals surface area contributed by atoms with E-state index in [2.05, 4.69) is 5.43 Å². The van der Waals surface area contributed by atoms with Crippen LogP contribution in [0.1, 0.15) is 40.3 Å². The van der Waals surface area contributed by atoms with Gasteiger partial charge in [0.2, 0.25) is 11.8 Å². The van der Waals surface area contributed by atoms with E-state index >= 15 is 4.79 Å². The molecule has 4 aromatic rings. The number of thiophene rings is 1. The van der Waals surface area contributed by atoms with E-state index in [1.54, 1.807) is 6.07 Å². The van der Waals surface area contributed by atoms with Crippen LogP contribution in [0, 0.1) is 30.6 Å². The molecule has 2 aliphatic heterocycles. The monoisotopic (exact) mass is 677 g/mol. The molecule has 0 spiro atoms. The zero-order valence-electron chi connectivity index (χ0n) is 26.0. The van der Waals surface area contributed by atoms with E-state index in [4.69, 9.17) is 11.6 Å². The number of nitrogens with zero attached hydrogens (tertiary/aromatic N) is 2. The highest BCUT2D eigenvalue weighted by Crippen LogP contribution is 2.64. The number of carbonyl (C=O) groups excluding carboxylic acids is 4. The highest BCUT2D eigenvalue weighted by molar-refractivity contribution is 7.09. The molecule has 8 rings (SSSR count). The molecule has 6 atom stereocenters. The number of hydrogen-bond acceptors (Lipinski definition) is 7. The van der Waals surface area contributed by atoms with Crippen LogP contribution in [0.25, 0.3) is 0 Å². The lowest BCUT2D eigenvalue weighted by molar-refractivity contribution is -0.141. The molecule has 0 radical (unpaired) electrons. The van der Waals surface area contributed by atoms with Gasteiger partial charge in [0.25, 0.3) is 11.8 Å². The summed E-state index contributed by atoms with van der Waals surface area (Å²) in [5.41, 5.74) is 5.35. The molecule has 242 valence electrons. The Balaban J connectivity index is 1.31. The zero-order chi connectivity index (χ0) is 33.3. The number of aromatic hydroxyl groups is 1. The minimum absolute atomic E-state index is 0.0311. The quantitative estimate of drug-likeness (QED) is 0.176. The number of carbonyl (C=O) groups is 4. The fourth-order valence-corrected chi connectivity index (χ4v) is 9.60. The average Bonchev–Trinajstić information content (AvgIpc) is 3.75. The molecule has 10 heteroatoms. The van der Waals surface area contributed by atoms with Gasteiger partial charge in [-0.15, -0.1) is 11.3 Å². The van der Waals surface area contributed by atoms with Crippen molar-refractivity contribution in [1.29, 1.82) is 0 Å². The Morgan fingerprint density at radius 1 is 0.917 bits per heavy atom. The number of aryl methyl sites for hydroxylation is 1. The molecule has 2 N–H and O–H groups in total. The lowest BCUT2D eigenvalue weighted by Gasteiger charge is -2.50. The molecule has 1 saturated carbocycles. The van der Waals surface area contributed by atoms with Gasteiger partial charge in [-0.05, 0) is 72.5 Å². The van der Waals surface area contributed by atoms with Crippen molar-refractivity contribution in [2.24, 2.45) is 23.7 Å². The zero-order valence-corrected chi connectivity index (χ0v) is 27.6. The lowest BCUT2D eigenvalue weighted by atomic mass is 9.49. The largest absolute Gasteiger partial charge is 0.508 e. The van der Waals surface area contributed by atoms with Gasteiger partial charge in [0.15, 0.2) is 0 Å². The lowest BCUT2D eigenvalue weighted by Crippen LogP contribution is -2.53. The highest BCUT2D eigenvalue weighted by atomic mass is 35.5. The Bertz CT molecular complexity index is 2000. The van der Waals surface area contributed by atoms with Crippen molar-refractivity contribution in [3.8, 4) is 5.75 Å². The Labute approximate surface area is 286 Å². The van der Waals surface area contributed by atoms with Gasteiger partial charge in [-0.25, -0.2) is 0 Å². The minimum Gasteiger partial charge on any atom is -0.508 e. The van der Waals surface area contributed by atoms with E-state index < -0.39 is 46.8 Å². The maximum Gasteiger partial charge on any atom is 0.260 e. The molecule has 0 bridgehead atoms. The number of hydrogen-bond donors (Lipinski definition) is 2. The van der Waals surface area contributed by atoms with Gasteiger partial charge in [0.05, 0.1) is 35.4 Å². The Hall–Kier alpha value is -4.73. The molecule has 4 amide bonds. The Kier molecular flexibility index (Phi) is 7.30. The molecule has 3 fully saturated rings. The number of phenols is 1. The van der Waals surface area contributed by atoms with Crippen molar-refractivity contribution >= 4 is 52.3 Å². The van der Waals surface area contributed by atoms with E-state index in [9.17, 15) is 19.5 Å². The third kappa shape index (κ3) is 4.48. The fraction of sp³-hybridized carbons (Fsp3) is 0.263. The molecule has 2 aliphatic carbocycles. The molecular formula is C38H32ClN3O5S. The third-order valence-electron chi connectivity index (χ3n) is 10.7. The van der Waals surface area contributed by atoms with Crippen molar-refractivity contribution < 1.29 is 24.3 Å². The van der Waals surface area contributed by atoms with E-state index in [1.807, 2.05) is 85.1 Å². The number of benzene rings is 3. The normalized spacial score (nSPS) is 27.9. The van der Waals surface area contributed by atoms with Crippen LogP contribution >= 0.6 is 22.9 Å². The predicted molar refractivity (Wildman–Crippen MR) is 182 cm³/mol. The average molecular weight is 678 g/mol. The molecular weight excluding hydrogens is 646 g/mol. The SMILES string of the molecule is Cc1ccc(NN2C(=O)[C@@H]3C[C@@H]4C(=CC[C@@H]5C(=O)N(Cc6cccs6)C(=O)[C@@H]54)[C@H](c4ccc(O)cc4Cl)[C@]3(c3ccccc3)C2=O)cc1. The summed E-state index contributed by atoms with van der Waals surface area (Å²) < 4.78 is 0. The number of amides is 4. The van der Waals surface area contributed by atoms with Crippen LogP contribution in [0.2, 0.25) is 5.02 Å². The highest BCUT2D eigenvalue weighted by Gasteiger charge is 2.70. The van der Waals surface area contributed by atoms with E-state index in [0.29, 0.717) is 23.2 Å². The molecule has 1 aromatic heterocycles. The smallest absolute Gasteiger partial charge is 0.260 e. The van der Waals surface area contributed by atoms with E-state index in [0.717, 1.165) is 21.0 Å². The van der Waals surface area contributed by atoms with Gasteiger partial charge >= 0.3 is 0 Å². The van der Waals surface area contributed by atoms with Crippen LogP contribution in [0.15, 0.2) is 102 Å². The summed E-state index contributed by atoms with van der Waals surface area (Å²) in [6.45, 7) is 2.17. The second-order valence-electron chi connectivity index (χ2n) is 13.1. The van der Waals surface area contributed by atoms with Crippen LogP contribution in [-0.2, 0) is 31.1 Å². The molecule has 3 aromatic carbocycles. The first-order valence-electron chi connectivity index (χ1n) is 16.0. The number of fused-ring (bicyclic) bond motifs is 4. The van der Waals surface area contributed by atoms with Crippen LogP contribution in [0.4, 0.5) is 5.69 Å². The van der Waals surface area contributed by atoms with Crippen LogP contribution in [0.5, 0.6) is 5.75 Å². The van der Waals surface area contributed by atoms with Gasteiger partial charge in [0, 0.05) is 15.8 Å². The van der Waals surface area contributed by atoms with Crippen molar-refractivity contribution in [2.45, 2.75) is 37.6 Å². The first kappa shape index (κ1) is 30.6. The van der Waals surface area contributed by atoms with Crippen LogP contribution in [0.3, 0.4) is 0 Å². The van der Waals surface area contributed by atoms with Crippen LogP contribution < -0.4 is 5.43 Å². The topological polar surface area (TPSA) is 107 Å². The van der Waals surface area contributed by atoms with Gasteiger partial charge in [0.1, 0.15) is 5.75 Å². The minimum atomic E-state index is -1.42. The fourth-order valence-electron chi connectivity index (χ4n) is 8.62. The molecule has 3 heterocycles. The maximum absolute atomic E-state index is 15.1. The van der Waals surface area contributed by atoms with E-state index in [1.165, 1.54) is 28.4 Å². The second kappa shape index (κ2) is 11.5. The van der Waals surface area contributed by atoms with Gasteiger partial charge in [-0.1, -0.05) is 83.4 Å². The summed E-state index contributed by atoms with van der Waals surface area (Å²) in [5, 5.41) is 13.6. The first-order chi connectivity index (χ1) is 23.2. The summed E-state index contributed by atoms with van der Waals surface area (Å²) in [7, 11) is 0. The number of likely N-dealkylation sites (tertiary alicyclic amines) is 1. The van der Waals surface area contributed by atoms with Crippen molar-refractivity contribution in [2.75, 3.05) is 5.43 Å². The van der Waals surface area contributed by atoms with Gasteiger partial charge in [-0.3, -0.25) is 29.5 Å². The predicted octanol–water partition coefficient (Wildman–Crippen LogP) is 6.60. The summed E-state index contributed by atoms with van der Waals surface area (Å²) >= 11 is 8.42. The number of imide groups is 2. The Morgan fingerprint density at radius 2 is 1.69 bits per heavy atom. The number of nitrogens with one attached hydrogen (secondary N) is 1. The van der Waals surface area contributed by atoms with Crippen molar-refractivity contribution in [3.63, 3.8) is 0 Å². The molecule has 2 saturated heterocycles. The third-order valence-corrected chi connectivity index (χ3v) is 11.9. The molecule has 8 nitrogen and oxygen atoms in total. The number of rotatable bonds is 6. The summed E-state index contributed by atoms with van der Waals surface area (Å²) in [6, 6.07) is 25.2. The first-order valence-corrected chi connectivity index (χ1v) is 17.3.